The van der Waals surface area contributed by atoms with Crippen molar-refractivity contribution in [3.8, 4) is 0 Å². The van der Waals surface area contributed by atoms with Gasteiger partial charge in [-0.2, -0.15) is 0 Å². The fourth-order valence-corrected chi connectivity index (χ4v) is 2.23. The van der Waals surface area contributed by atoms with Gasteiger partial charge >= 0.3 is 0 Å². The molecule has 0 radical (unpaired) electrons. The smallest absolute Gasteiger partial charge is 0.261 e. The molecule has 1 aliphatic rings. The Morgan fingerprint density at radius 3 is 2.28 bits per heavy atom. The molecule has 106 valence electrons. The molecular weight excluding hydrogens is 353 g/mol. The van der Waals surface area contributed by atoms with Crippen molar-refractivity contribution in [2.75, 3.05) is 26.2 Å². The van der Waals surface area contributed by atoms with Gasteiger partial charge in [0, 0.05) is 26.2 Å². The Kier molecular flexibility index (Phi) is 8.38. The molecule has 0 aliphatic carbocycles. The van der Waals surface area contributed by atoms with Crippen LogP contribution in [0.2, 0.25) is 0 Å². The molecule has 1 fully saturated rings. The Labute approximate surface area is 125 Å². The van der Waals surface area contributed by atoms with Crippen molar-refractivity contribution in [3.05, 3.63) is 22.6 Å². The highest BCUT2D eigenvalue weighted by molar-refractivity contribution is 9.10. The van der Waals surface area contributed by atoms with Crippen molar-refractivity contribution in [2.45, 2.75) is 12.5 Å². The van der Waals surface area contributed by atoms with Crippen molar-refractivity contribution in [3.63, 3.8) is 0 Å². The van der Waals surface area contributed by atoms with E-state index in [-0.39, 0.29) is 24.8 Å². The van der Waals surface area contributed by atoms with Crippen molar-refractivity contribution >= 4 is 40.7 Å². The molecule has 2 rings (SSSR count). The zero-order chi connectivity index (χ0) is 11.5. The first-order valence-electron chi connectivity index (χ1n) is 5.16. The Hall–Kier alpha value is 0.120. The molecule has 1 aliphatic heterocycles. The van der Waals surface area contributed by atoms with Gasteiger partial charge in [-0.25, -0.2) is 8.78 Å². The molecule has 0 spiro atoms. The first-order valence-corrected chi connectivity index (χ1v) is 5.96. The van der Waals surface area contributed by atoms with Crippen LogP contribution in [0.5, 0.6) is 0 Å². The largest absolute Gasteiger partial charge is 0.452 e. The summed E-state index contributed by atoms with van der Waals surface area (Å²) in [6.45, 7) is 2.72. The number of piperazine rings is 1. The van der Waals surface area contributed by atoms with E-state index in [1.165, 1.54) is 0 Å². The van der Waals surface area contributed by atoms with E-state index in [4.69, 9.17) is 4.42 Å². The highest BCUT2D eigenvalue weighted by Crippen LogP contribution is 2.30. The number of furan rings is 1. The first-order chi connectivity index (χ1) is 7.68. The monoisotopic (exact) mass is 366 g/mol. The Bertz CT molecular complexity index is 348. The van der Waals surface area contributed by atoms with E-state index in [0.717, 1.165) is 13.1 Å². The normalized spacial score (nSPS) is 18.0. The van der Waals surface area contributed by atoms with Gasteiger partial charge in [0.2, 0.25) is 0 Å². The molecule has 3 nitrogen and oxygen atoms in total. The van der Waals surface area contributed by atoms with Gasteiger partial charge in [-0.05, 0) is 28.1 Å². The number of alkyl halides is 2. The summed E-state index contributed by atoms with van der Waals surface area (Å²) in [5, 5.41) is 3.14. The maximum absolute atomic E-state index is 13.0. The third kappa shape index (κ3) is 4.35. The standard InChI is InChI=1S/C10H13BrF2N2O.2ClH/c11-8-2-1-7(16-8)9(10(12)13)15-5-3-14-4-6-15;;/h1-2,9-10,14H,3-6H2;2*1H/t9-;;/m1../s1. The quantitative estimate of drug-likeness (QED) is 0.889. The number of rotatable bonds is 3. The average molecular weight is 368 g/mol. The zero-order valence-electron chi connectivity index (χ0n) is 9.44. The summed E-state index contributed by atoms with van der Waals surface area (Å²) in [5.74, 6) is 0.323. The topological polar surface area (TPSA) is 28.4 Å². The second-order valence-electron chi connectivity index (χ2n) is 3.71. The van der Waals surface area contributed by atoms with Gasteiger partial charge in [-0.3, -0.25) is 4.90 Å². The second kappa shape index (κ2) is 8.32. The van der Waals surface area contributed by atoms with Crippen LogP contribution in [-0.2, 0) is 0 Å². The number of nitrogens with zero attached hydrogens (tertiary/aromatic N) is 1. The molecule has 1 saturated heterocycles. The van der Waals surface area contributed by atoms with Gasteiger partial charge in [0.1, 0.15) is 11.8 Å². The molecule has 0 amide bonds. The fourth-order valence-electron chi connectivity index (χ4n) is 1.91. The molecule has 18 heavy (non-hydrogen) atoms. The maximum atomic E-state index is 13.0. The summed E-state index contributed by atoms with van der Waals surface area (Å²) in [6, 6.07) is 2.31. The molecular formula is C10H15BrCl2F2N2O. The number of halogens is 5. The van der Waals surface area contributed by atoms with Crippen LogP contribution in [-0.4, -0.2) is 37.5 Å². The first kappa shape index (κ1) is 18.1. The van der Waals surface area contributed by atoms with Gasteiger partial charge in [0.25, 0.3) is 6.43 Å². The van der Waals surface area contributed by atoms with E-state index >= 15 is 0 Å². The lowest BCUT2D eigenvalue weighted by atomic mass is 10.1. The molecule has 1 N–H and O–H groups in total. The summed E-state index contributed by atoms with van der Waals surface area (Å²) < 4.78 is 31.8. The maximum Gasteiger partial charge on any atom is 0.261 e. The number of hydrogen-bond donors (Lipinski definition) is 1. The highest BCUT2D eigenvalue weighted by atomic mass is 79.9. The minimum atomic E-state index is -2.43. The lowest BCUT2D eigenvalue weighted by Gasteiger charge is -2.33. The zero-order valence-corrected chi connectivity index (χ0v) is 12.7. The van der Waals surface area contributed by atoms with Gasteiger partial charge in [-0.1, -0.05) is 0 Å². The molecule has 0 aromatic carbocycles. The summed E-state index contributed by atoms with van der Waals surface area (Å²) >= 11 is 3.13. The van der Waals surface area contributed by atoms with Crippen molar-refractivity contribution in [1.29, 1.82) is 0 Å². The Morgan fingerprint density at radius 2 is 1.83 bits per heavy atom. The van der Waals surface area contributed by atoms with Crippen LogP contribution in [0.15, 0.2) is 21.2 Å². The third-order valence-corrected chi connectivity index (χ3v) is 3.10. The van der Waals surface area contributed by atoms with E-state index in [0.29, 0.717) is 23.5 Å². The summed E-state index contributed by atoms with van der Waals surface area (Å²) in [4.78, 5) is 1.76. The molecule has 1 atom stereocenters. The summed E-state index contributed by atoms with van der Waals surface area (Å²) in [5.41, 5.74) is 0. The lowest BCUT2D eigenvalue weighted by Crippen LogP contribution is -2.46. The number of hydrogen-bond acceptors (Lipinski definition) is 3. The van der Waals surface area contributed by atoms with Crippen LogP contribution in [0.1, 0.15) is 11.8 Å². The van der Waals surface area contributed by atoms with Gasteiger partial charge in [0.05, 0.1) is 0 Å². The van der Waals surface area contributed by atoms with Crippen molar-refractivity contribution < 1.29 is 13.2 Å². The van der Waals surface area contributed by atoms with Gasteiger partial charge in [0.15, 0.2) is 4.67 Å². The van der Waals surface area contributed by atoms with Crippen LogP contribution in [0.4, 0.5) is 8.78 Å². The Balaban J connectivity index is 0.00000144. The predicted octanol–water partition coefficient (Wildman–Crippen LogP) is 3.10. The molecule has 8 heteroatoms. The second-order valence-corrected chi connectivity index (χ2v) is 4.49. The predicted molar refractivity (Wildman–Crippen MR) is 74.1 cm³/mol. The van der Waals surface area contributed by atoms with E-state index in [1.54, 1.807) is 17.0 Å². The minimum absolute atomic E-state index is 0. The van der Waals surface area contributed by atoms with E-state index in [2.05, 4.69) is 21.2 Å². The van der Waals surface area contributed by atoms with E-state index in [1.807, 2.05) is 0 Å². The van der Waals surface area contributed by atoms with E-state index in [9.17, 15) is 8.78 Å². The molecule has 0 bridgehead atoms. The third-order valence-electron chi connectivity index (χ3n) is 2.67. The fraction of sp³-hybridized carbons (Fsp3) is 0.600. The van der Waals surface area contributed by atoms with Crippen LogP contribution >= 0.6 is 40.7 Å². The van der Waals surface area contributed by atoms with Crippen LogP contribution in [0.25, 0.3) is 0 Å². The van der Waals surface area contributed by atoms with Gasteiger partial charge in [-0.15, -0.1) is 24.8 Å². The Morgan fingerprint density at radius 1 is 1.22 bits per heavy atom. The lowest BCUT2D eigenvalue weighted by molar-refractivity contribution is 0.00710. The van der Waals surface area contributed by atoms with Crippen LogP contribution in [0, 0.1) is 0 Å². The molecule has 1 aromatic heterocycles. The van der Waals surface area contributed by atoms with Crippen LogP contribution in [0.3, 0.4) is 0 Å². The SMILES string of the molecule is Cl.Cl.FC(F)[C@@H](c1ccc(Br)o1)N1CCNCC1. The highest BCUT2D eigenvalue weighted by Gasteiger charge is 2.32. The molecule has 1 aromatic rings. The molecule has 2 heterocycles. The summed E-state index contributed by atoms with van der Waals surface area (Å²) in [7, 11) is 0. The molecule has 0 saturated carbocycles. The van der Waals surface area contributed by atoms with E-state index < -0.39 is 12.5 Å². The minimum Gasteiger partial charge on any atom is -0.452 e. The number of nitrogens with one attached hydrogen (secondary N) is 1. The van der Waals surface area contributed by atoms with Crippen molar-refractivity contribution in [1.82, 2.24) is 10.2 Å². The summed E-state index contributed by atoms with van der Waals surface area (Å²) in [6.07, 6.45) is -2.43. The van der Waals surface area contributed by atoms with Crippen molar-refractivity contribution in [2.24, 2.45) is 0 Å². The van der Waals surface area contributed by atoms with Crippen LogP contribution < -0.4 is 5.32 Å². The molecule has 0 unspecified atom stereocenters. The average Bonchev–Trinajstić information content (AvgIpc) is 2.66. The van der Waals surface area contributed by atoms with Gasteiger partial charge < -0.3 is 9.73 Å².